The Balaban J connectivity index is 1.64. The highest BCUT2D eigenvalue weighted by Gasteiger charge is 2.36. The topological polar surface area (TPSA) is 93.6 Å². The first kappa shape index (κ1) is 24.7. The van der Waals surface area contributed by atoms with Crippen molar-refractivity contribution in [3.63, 3.8) is 0 Å². The molecule has 0 saturated carbocycles. The lowest BCUT2D eigenvalue weighted by atomic mass is 10.1. The van der Waals surface area contributed by atoms with E-state index >= 15 is 0 Å². The molecule has 1 aliphatic rings. The third-order valence-electron chi connectivity index (χ3n) is 5.43. The van der Waals surface area contributed by atoms with Gasteiger partial charge < -0.3 is 9.64 Å². The number of carbonyl (C=O) groups excluding carboxylic acids is 2. The SMILES string of the molecule is CC[C@@H](C)N(C(=O)COC(=O)c1ccccc1SCc1csc(C)n1)[C@H]1CCS(=O)(=O)C1. The van der Waals surface area contributed by atoms with Crippen molar-refractivity contribution < 1.29 is 22.7 Å². The Bertz CT molecular complexity index is 1070. The van der Waals surface area contributed by atoms with Crippen molar-refractivity contribution in [2.45, 2.75) is 56.3 Å². The molecule has 0 aliphatic carbocycles. The largest absolute Gasteiger partial charge is 0.452 e. The molecule has 1 aliphatic heterocycles. The number of nitrogens with zero attached hydrogens (tertiary/aromatic N) is 2. The number of amides is 1. The molecule has 2 atom stereocenters. The van der Waals surface area contributed by atoms with Crippen LogP contribution in [0.15, 0.2) is 34.5 Å². The molecule has 0 spiro atoms. The Hall–Kier alpha value is -1.91. The second-order valence-corrected chi connectivity index (χ2v) is 12.1. The van der Waals surface area contributed by atoms with E-state index in [0.717, 1.165) is 15.6 Å². The Morgan fingerprint density at radius 1 is 1.34 bits per heavy atom. The normalized spacial score (nSPS) is 18.3. The molecule has 3 rings (SSSR count). The molecule has 0 unspecified atom stereocenters. The lowest BCUT2D eigenvalue weighted by molar-refractivity contribution is -0.138. The number of benzene rings is 1. The first-order chi connectivity index (χ1) is 15.2. The van der Waals surface area contributed by atoms with Gasteiger partial charge in [0.15, 0.2) is 16.4 Å². The summed E-state index contributed by atoms with van der Waals surface area (Å²) in [5.41, 5.74) is 1.35. The van der Waals surface area contributed by atoms with E-state index < -0.39 is 22.4 Å². The van der Waals surface area contributed by atoms with Gasteiger partial charge in [-0.05, 0) is 38.8 Å². The molecule has 7 nitrogen and oxygen atoms in total. The van der Waals surface area contributed by atoms with Crippen molar-refractivity contribution >= 4 is 44.8 Å². The molecule has 2 aromatic rings. The van der Waals surface area contributed by atoms with Crippen LogP contribution in [-0.2, 0) is 25.1 Å². The van der Waals surface area contributed by atoms with Crippen molar-refractivity contribution in [3.05, 3.63) is 45.9 Å². The minimum atomic E-state index is -3.13. The summed E-state index contributed by atoms with van der Waals surface area (Å²) in [6, 6.07) is 6.62. The lowest BCUT2D eigenvalue weighted by Crippen LogP contribution is -2.48. The van der Waals surface area contributed by atoms with Gasteiger partial charge in [-0.3, -0.25) is 4.79 Å². The maximum absolute atomic E-state index is 12.9. The van der Waals surface area contributed by atoms with Crippen LogP contribution in [-0.4, -0.2) is 60.4 Å². The molecule has 0 bridgehead atoms. The second kappa shape index (κ2) is 10.8. The minimum absolute atomic E-state index is 0.0351. The van der Waals surface area contributed by atoms with E-state index in [2.05, 4.69) is 4.98 Å². The number of rotatable bonds is 9. The van der Waals surface area contributed by atoms with Crippen molar-refractivity contribution in [1.82, 2.24) is 9.88 Å². The summed E-state index contributed by atoms with van der Waals surface area (Å²) < 4.78 is 29.2. The van der Waals surface area contributed by atoms with Crippen LogP contribution in [0.2, 0.25) is 0 Å². The summed E-state index contributed by atoms with van der Waals surface area (Å²) in [5, 5.41) is 2.99. The molecule has 1 amide bonds. The van der Waals surface area contributed by atoms with Crippen molar-refractivity contribution in [2.75, 3.05) is 18.1 Å². The molecular formula is C22H28N2O5S3. The van der Waals surface area contributed by atoms with Gasteiger partial charge in [0.1, 0.15) is 0 Å². The van der Waals surface area contributed by atoms with Crippen LogP contribution in [0.4, 0.5) is 0 Å². The molecule has 0 radical (unpaired) electrons. The van der Waals surface area contributed by atoms with Gasteiger partial charge in [-0.1, -0.05) is 19.1 Å². The van der Waals surface area contributed by atoms with Gasteiger partial charge in [-0.15, -0.1) is 23.1 Å². The average Bonchev–Trinajstić information content (AvgIpc) is 3.35. The number of ether oxygens (including phenoxy) is 1. The highest BCUT2D eigenvalue weighted by atomic mass is 32.2. The van der Waals surface area contributed by atoms with E-state index in [-0.39, 0.29) is 29.5 Å². The van der Waals surface area contributed by atoms with E-state index in [1.165, 1.54) is 11.8 Å². The first-order valence-electron chi connectivity index (χ1n) is 10.5. The molecule has 32 heavy (non-hydrogen) atoms. The second-order valence-electron chi connectivity index (χ2n) is 7.83. The fraction of sp³-hybridized carbons (Fsp3) is 0.500. The highest BCUT2D eigenvalue weighted by Crippen LogP contribution is 2.27. The van der Waals surface area contributed by atoms with Crippen molar-refractivity contribution in [3.8, 4) is 0 Å². The number of sulfone groups is 1. The van der Waals surface area contributed by atoms with E-state index in [9.17, 15) is 18.0 Å². The molecule has 1 aromatic carbocycles. The highest BCUT2D eigenvalue weighted by molar-refractivity contribution is 7.98. The average molecular weight is 497 g/mol. The van der Waals surface area contributed by atoms with Gasteiger partial charge in [-0.2, -0.15) is 0 Å². The Morgan fingerprint density at radius 2 is 2.09 bits per heavy atom. The van der Waals surface area contributed by atoms with Gasteiger partial charge in [0, 0.05) is 28.1 Å². The van der Waals surface area contributed by atoms with Crippen LogP contribution >= 0.6 is 23.1 Å². The molecule has 1 fully saturated rings. The molecule has 1 saturated heterocycles. The molecule has 0 N–H and O–H groups in total. The summed E-state index contributed by atoms with van der Waals surface area (Å²) in [7, 11) is -3.13. The van der Waals surface area contributed by atoms with Gasteiger partial charge in [-0.25, -0.2) is 18.2 Å². The van der Waals surface area contributed by atoms with Gasteiger partial charge in [0.05, 0.1) is 27.8 Å². The van der Waals surface area contributed by atoms with E-state index in [1.54, 1.807) is 28.4 Å². The van der Waals surface area contributed by atoms with Crippen LogP contribution in [0.25, 0.3) is 0 Å². The molecule has 1 aromatic heterocycles. The summed E-state index contributed by atoms with van der Waals surface area (Å²) in [5.74, 6) is -0.254. The smallest absolute Gasteiger partial charge is 0.339 e. The van der Waals surface area contributed by atoms with Crippen LogP contribution in [0.3, 0.4) is 0 Å². The predicted molar refractivity (Wildman–Crippen MR) is 127 cm³/mol. The lowest BCUT2D eigenvalue weighted by Gasteiger charge is -2.33. The first-order valence-corrected chi connectivity index (χ1v) is 14.2. The molecular weight excluding hydrogens is 468 g/mol. The zero-order valence-electron chi connectivity index (χ0n) is 18.4. The third-order valence-corrected chi connectivity index (χ3v) is 9.11. The summed E-state index contributed by atoms with van der Waals surface area (Å²) in [6.45, 7) is 5.36. The summed E-state index contributed by atoms with van der Waals surface area (Å²) in [4.78, 5) is 32.5. The number of aryl methyl sites for hydroxylation is 1. The molecule has 174 valence electrons. The third kappa shape index (κ3) is 6.32. The number of aromatic nitrogens is 1. The van der Waals surface area contributed by atoms with Crippen molar-refractivity contribution in [1.29, 1.82) is 0 Å². The fourth-order valence-corrected chi connectivity index (χ4v) is 7.03. The zero-order chi connectivity index (χ0) is 23.3. The van der Waals surface area contributed by atoms with Crippen LogP contribution < -0.4 is 0 Å². The fourth-order valence-electron chi connectivity index (χ4n) is 3.67. The van der Waals surface area contributed by atoms with E-state index in [1.807, 2.05) is 38.3 Å². The van der Waals surface area contributed by atoms with Crippen LogP contribution in [0.5, 0.6) is 0 Å². The van der Waals surface area contributed by atoms with Gasteiger partial charge >= 0.3 is 5.97 Å². The number of carbonyl (C=O) groups is 2. The van der Waals surface area contributed by atoms with E-state index in [0.29, 0.717) is 24.2 Å². The minimum Gasteiger partial charge on any atom is -0.452 e. The number of esters is 1. The Morgan fingerprint density at radius 3 is 2.72 bits per heavy atom. The summed E-state index contributed by atoms with van der Waals surface area (Å²) in [6.07, 6.45) is 1.10. The molecule has 10 heteroatoms. The number of hydrogen-bond donors (Lipinski definition) is 0. The van der Waals surface area contributed by atoms with Gasteiger partial charge in [0.25, 0.3) is 5.91 Å². The monoisotopic (exact) mass is 496 g/mol. The van der Waals surface area contributed by atoms with Crippen LogP contribution in [0.1, 0.15) is 47.7 Å². The van der Waals surface area contributed by atoms with Gasteiger partial charge in [0.2, 0.25) is 0 Å². The maximum Gasteiger partial charge on any atom is 0.339 e. The Kier molecular flexibility index (Phi) is 8.35. The number of thioether (sulfide) groups is 1. The maximum atomic E-state index is 12.9. The number of hydrogen-bond acceptors (Lipinski definition) is 8. The summed E-state index contributed by atoms with van der Waals surface area (Å²) >= 11 is 3.07. The van der Waals surface area contributed by atoms with Crippen LogP contribution in [0, 0.1) is 6.92 Å². The Labute approximate surface area is 197 Å². The van der Waals surface area contributed by atoms with E-state index in [4.69, 9.17) is 4.74 Å². The number of thiazole rings is 1. The molecule has 2 heterocycles. The quantitative estimate of drug-likeness (QED) is 0.386. The van der Waals surface area contributed by atoms with Crippen molar-refractivity contribution in [2.24, 2.45) is 0 Å². The predicted octanol–water partition coefficient (Wildman–Crippen LogP) is 3.71. The zero-order valence-corrected chi connectivity index (χ0v) is 20.9. The standard InChI is InChI=1S/C22H28N2O5S3/c1-4-15(2)24(18-9-10-32(27,28)14-18)21(25)11-29-22(26)19-7-5-6-8-20(19)31-13-17-12-30-16(3)23-17/h5-8,12,15,18H,4,9-11,13-14H2,1-3H3/t15-,18+/m1/s1.